The van der Waals surface area contributed by atoms with E-state index in [1.54, 1.807) is 0 Å². The molecule has 0 bridgehead atoms. The van der Waals surface area contributed by atoms with E-state index in [1.165, 1.54) is 0 Å². The van der Waals surface area contributed by atoms with E-state index in [2.05, 4.69) is 0 Å². The second kappa shape index (κ2) is 6.42. The average Bonchev–Trinajstić information content (AvgIpc) is 1.30. The molecule has 0 heterocycles. The average molecular weight is 377 g/mol. The van der Waals surface area contributed by atoms with Crippen LogP contribution in [0.1, 0.15) is 0 Å². The van der Waals surface area contributed by atoms with Crippen LogP contribution in [0.2, 0.25) is 0 Å². The number of halogens is 5. The Balaban J connectivity index is -0.0000000817. The Morgan fingerprint density at radius 3 is 0.909 bits per heavy atom. The molecule has 11 heavy (non-hydrogen) atoms. The Labute approximate surface area is 150 Å². The molecule has 0 radical (unpaired) electrons. The molecule has 0 aromatic rings. The van der Waals surface area contributed by atoms with E-state index < -0.39 is 7.71 Å². The van der Waals surface area contributed by atoms with Gasteiger partial charge in [0.25, 0.3) is 0 Å². The molecule has 0 saturated carbocycles. The van der Waals surface area contributed by atoms with Gasteiger partial charge in [-0.1, -0.05) is 0 Å². The standard InChI is InChI=1S/5ClH.NO.3Na.Ru/c;;;;;1-2;;;;/h5*1H;;;;;/q;;;;;-1;3*+1;+3/p-5. The van der Waals surface area contributed by atoms with Crippen molar-refractivity contribution >= 4 is 48.5 Å². The summed E-state index contributed by atoms with van der Waals surface area (Å²) in [6, 6.07) is 0. The Morgan fingerprint density at radius 2 is 0.909 bits per heavy atom. The molecule has 0 unspecified atom stereocenters. The van der Waals surface area contributed by atoms with Gasteiger partial charge in [-0.2, -0.15) is 0 Å². The minimum Gasteiger partial charge on any atom is 1.00 e. The van der Waals surface area contributed by atoms with Crippen LogP contribution in [0.5, 0.6) is 0 Å². The Bertz CT molecular complexity index is 125. The van der Waals surface area contributed by atoms with Crippen LogP contribution < -0.4 is 88.7 Å². The summed E-state index contributed by atoms with van der Waals surface area (Å²) in [5.74, 6) is 0. The molecule has 0 spiro atoms. The first-order valence-corrected chi connectivity index (χ1v) is 13.0. The van der Waals surface area contributed by atoms with E-state index in [4.69, 9.17) is 48.5 Å². The Kier molecular flexibility index (Phi) is 14.5. The molecule has 0 fully saturated rings. The van der Waals surface area contributed by atoms with Crippen molar-refractivity contribution in [2.75, 3.05) is 0 Å². The van der Waals surface area contributed by atoms with Gasteiger partial charge < -0.3 is 0 Å². The van der Waals surface area contributed by atoms with Crippen molar-refractivity contribution in [1.29, 1.82) is 0 Å². The van der Waals surface area contributed by atoms with Crippen LogP contribution in [0.4, 0.5) is 0 Å². The number of rotatable bonds is 1. The molecule has 57 valence electrons. The van der Waals surface area contributed by atoms with Crippen LogP contribution in [-0.2, 0) is 7.71 Å². The third-order valence-electron chi connectivity index (χ3n) is 0.122. The molecule has 0 amide bonds. The zero-order chi connectivity index (χ0) is 7.12. The maximum Gasteiger partial charge on any atom is 1.00 e. The van der Waals surface area contributed by atoms with Gasteiger partial charge >= 0.3 is 154 Å². The van der Waals surface area contributed by atoms with Gasteiger partial charge in [-0.05, 0) is 0 Å². The third-order valence-corrected chi connectivity index (χ3v) is 2.17. The second-order valence-electron chi connectivity index (χ2n) is 0.868. The molecule has 0 saturated heterocycles. The van der Waals surface area contributed by atoms with Crippen LogP contribution >= 0.6 is 48.5 Å². The molecule has 0 aromatic carbocycles. The molecule has 0 atom stereocenters. The maximum atomic E-state index is 9.64. The summed E-state index contributed by atoms with van der Waals surface area (Å²) in [5.41, 5.74) is 0. The van der Waals surface area contributed by atoms with E-state index in [9.17, 15) is 4.91 Å². The molecule has 11 heteroatoms. The topological polar surface area (TPSA) is 29.4 Å². The molecule has 0 N–H and O–H groups in total. The SMILES string of the molecule is O=[N][Ru-3]([Cl])([Cl])([Cl])([Cl])[Cl].[Na+].[Na+].[Na+]. The number of nitrogens with zero attached hydrogens (tertiary/aromatic N) is 1. The van der Waals surface area contributed by atoms with Crippen molar-refractivity contribution in [1.82, 2.24) is 0 Å². The van der Waals surface area contributed by atoms with Crippen LogP contribution in [0.25, 0.3) is 0 Å². The predicted octanol–water partition coefficient (Wildman–Crippen LogP) is -5.33. The molecule has 0 rings (SSSR count). The summed E-state index contributed by atoms with van der Waals surface area (Å²) < 4.78 is 2.04. The molecule has 0 aliphatic heterocycles. The fourth-order valence-corrected chi connectivity index (χ4v) is 0. The first kappa shape index (κ1) is 24.8. The van der Waals surface area contributed by atoms with Crippen molar-refractivity contribution in [3.63, 3.8) is 0 Å². The summed E-state index contributed by atoms with van der Waals surface area (Å²) in [6.07, 6.45) is 0. The molecule has 2 nitrogen and oxygen atoms in total. The number of nitroso groups, excluding NO2 is 1. The van der Waals surface area contributed by atoms with Gasteiger partial charge in [0.2, 0.25) is 0 Å². The Morgan fingerprint density at radius 1 is 0.818 bits per heavy atom. The van der Waals surface area contributed by atoms with Crippen molar-refractivity contribution in [3.8, 4) is 0 Å². The van der Waals surface area contributed by atoms with E-state index in [1.807, 2.05) is 3.92 Å². The smallest absolute Gasteiger partial charge is 1.00 e. The minimum atomic E-state index is -5.67. The summed E-state index contributed by atoms with van der Waals surface area (Å²) in [5, 5.41) is 0. The molecule has 0 aliphatic carbocycles. The van der Waals surface area contributed by atoms with Crippen molar-refractivity contribution in [2.45, 2.75) is 0 Å². The zero-order valence-corrected chi connectivity index (χ0v) is 17.6. The van der Waals surface area contributed by atoms with Gasteiger partial charge in [0, 0.05) is 0 Å². The van der Waals surface area contributed by atoms with Crippen LogP contribution in [0.15, 0.2) is 3.92 Å². The maximum absolute atomic E-state index is 9.64. The second-order valence-corrected chi connectivity index (χ2v) is 32.6. The number of hydrogen-bond donors (Lipinski definition) is 0. The van der Waals surface area contributed by atoms with Crippen molar-refractivity contribution in [2.24, 2.45) is 3.92 Å². The Hall–Kier alpha value is 4.67. The first-order chi connectivity index (χ1) is 3.04. The molecular formula is Cl5NNa3ORu. The quantitative estimate of drug-likeness (QED) is 0.332. The van der Waals surface area contributed by atoms with Gasteiger partial charge in [0.15, 0.2) is 0 Å². The summed E-state index contributed by atoms with van der Waals surface area (Å²) in [7, 11) is 19.3. The number of hydrogen-bond acceptors (Lipinski definition) is 2. The van der Waals surface area contributed by atoms with E-state index in [-0.39, 0.29) is 88.7 Å². The molecular weight excluding hydrogens is 377 g/mol. The van der Waals surface area contributed by atoms with Gasteiger partial charge in [-0.25, -0.2) is 0 Å². The third kappa shape index (κ3) is 25.2. The van der Waals surface area contributed by atoms with Gasteiger partial charge in [0.1, 0.15) is 0 Å². The fraction of sp³-hybridized carbons (Fsp3) is 0. The van der Waals surface area contributed by atoms with Gasteiger partial charge in [-0.15, -0.1) is 0 Å². The van der Waals surface area contributed by atoms with E-state index in [0.717, 1.165) is 0 Å². The molecule has 0 aromatic heterocycles. The van der Waals surface area contributed by atoms with Gasteiger partial charge in [0.05, 0.1) is 0 Å². The van der Waals surface area contributed by atoms with Crippen LogP contribution in [0.3, 0.4) is 0 Å². The molecule has 0 aliphatic rings. The van der Waals surface area contributed by atoms with Crippen LogP contribution in [0, 0.1) is 4.91 Å². The zero-order valence-electron chi connectivity index (χ0n) is 6.10. The van der Waals surface area contributed by atoms with Gasteiger partial charge in [-0.3, -0.25) is 0 Å². The van der Waals surface area contributed by atoms with E-state index >= 15 is 0 Å². The van der Waals surface area contributed by atoms with Crippen molar-refractivity contribution in [3.05, 3.63) is 4.91 Å². The van der Waals surface area contributed by atoms with Crippen LogP contribution in [-0.4, -0.2) is 0 Å². The minimum absolute atomic E-state index is 0. The van der Waals surface area contributed by atoms with E-state index in [0.29, 0.717) is 0 Å². The predicted molar refractivity (Wildman–Crippen MR) is 35.1 cm³/mol. The summed E-state index contributed by atoms with van der Waals surface area (Å²) >= 11 is 0. The van der Waals surface area contributed by atoms with Crippen molar-refractivity contribution < 1.29 is 96.4 Å². The largest absolute Gasteiger partial charge is 1.00 e. The first-order valence-electron chi connectivity index (χ1n) is 1.01. The summed E-state index contributed by atoms with van der Waals surface area (Å²) in [6.45, 7) is 0. The fourth-order valence-electron chi connectivity index (χ4n) is 0. The summed E-state index contributed by atoms with van der Waals surface area (Å²) in [4.78, 5) is 9.64. The monoisotopic (exact) mass is 376 g/mol. The normalized spacial score (nSPS) is 15.4.